The highest BCUT2D eigenvalue weighted by Crippen LogP contribution is 2.19. The molecule has 0 radical (unpaired) electrons. The topological polar surface area (TPSA) is 51.5 Å². The Bertz CT molecular complexity index is 907. The zero-order chi connectivity index (χ0) is 19.6. The van der Waals surface area contributed by atoms with Gasteiger partial charge in [-0.05, 0) is 43.5 Å². The first-order valence-corrected chi connectivity index (χ1v) is 9.20. The van der Waals surface area contributed by atoms with Crippen LogP contribution in [0.25, 0.3) is 0 Å². The van der Waals surface area contributed by atoms with Crippen molar-refractivity contribution in [2.24, 2.45) is 7.05 Å². The van der Waals surface area contributed by atoms with Gasteiger partial charge in [-0.25, -0.2) is 4.39 Å². The maximum absolute atomic E-state index is 13.3. The van der Waals surface area contributed by atoms with Gasteiger partial charge in [0.05, 0.1) is 6.54 Å². The number of rotatable bonds is 5. The number of likely N-dealkylation sites (tertiary alicyclic amines) is 1. The van der Waals surface area contributed by atoms with Crippen molar-refractivity contribution in [3.05, 3.63) is 63.3 Å². The summed E-state index contributed by atoms with van der Waals surface area (Å²) < 4.78 is 20.8. The van der Waals surface area contributed by atoms with Gasteiger partial charge in [0.25, 0.3) is 5.56 Å². The summed E-state index contributed by atoms with van der Waals surface area (Å²) in [5.41, 5.74) is 2.28. The third-order valence-corrected chi connectivity index (χ3v) is 5.13. The quantitative estimate of drug-likeness (QED) is 0.811. The number of ether oxygens (including phenoxy) is 1. The van der Waals surface area contributed by atoms with Crippen LogP contribution in [0.15, 0.2) is 35.1 Å². The molecule has 1 atom stereocenters. The van der Waals surface area contributed by atoms with Gasteiger partial charge in [-0.3, -0.25) is 9.59 Å². The van der Waals surface area contributed by atoms with E-state index in [-0.39, 0.29) is 23.4 Å². The van der Waals surface area contributed by atoms with E-state index in [4.69, 9.17) is 4.74 Å². The van der Waals surface area contributed by atoms with Crippen molar-refractivity contribution >= 4 is 5.91 Å². The Hall–Kier alpha value is -2.63. The van der Waals surface area contributed by atoms with Gasteiger partial charge >= 0.3 is 0 Å². The average Bonchev–Trinajstić information content (AvgIpc) is 3.09. The van der Waals surface area contributed by atoms with Gasteiger partial charge in [0.2, 0.25) is 5.91 Å². The standard InChI is InChI=1S/C21H25FN2O3/c1-14-10-16(4-6-19(14)22)5-7-20(25)24-9-8-17(13-24)27-18-11-15(2)23(3)21(26)12-18/h4,6,10-12,17H,5,7-9,13H2,1-3H3. The smallest absolute Gasteiger partial charge is 0.254 e. The van der Waals surface area contributed by atoms with Crippen LogP contribution in [0, 0.1) is 19.7 Å². The van der Waals surface area contributed by atoms with E-state index in [2.05, 4.69) is 0 Å². The van der Waals surface area contributed by atoms with E-state index in [0.29, 0.717) is 37.2 Å². The molecule has 0 spiro atoms. The second-order valence-corrected chi connectivity index (χ2v) is 7.18. The van der Waals surface area contributed by atoms with Crippen LogP contribution in [0.5, 0.6) is 5.75 Å². The van der Waals surface area contributed by atoms with Crippen LogP contribution in [0.4, 0.5) is 4.39 Å². The lowest BCUT2D eigenvalue weighted by Crippen LogP contribution is -2.31. The molecule has 1 unspecified atom stereocenters. The van der Waals surface area contributed by atoms with E-state index < -0.39 is 0 Å². The summed E-state index contributed by atoms with van der Waals surface area (Å²) in [5.74, 6) is 0.399. The molecule has 27 heavy (non-hydrogen) atoms. The molecule has 1 amide bonds. The van der Waals surface area contributed by atoms with Crippen LogP contribution in [-0.4, -0.2) is 34.6 Å². The minimum atomic E-state index is -0.226. The summed E-state index contributed by atoms with van der Waals surface area (Å²) in [6, 6.07) is 8.28. The number of benzene rings is 1. The van der Waals surface area contributed by atoms with Crippen LogP contribution in [0.1, 0.15) is 29.7 Å². The summed E-state index contributed by atoms with van der Waals surface area (Å²) in [6.45, 7) is 4.75. The molecule has 2 aromatic rings. The van der Waals surface area contributed by atoms with E-state index in [9.17, 15) is 14.0 Å². The molecule has 0 N–H and O–H groups in total. The molecule has 3 rings (SSSR count). The number of carbonyl (C=O) groups excluding carboxylic acids is 1. The molecule has 6 heteroatoms. The summed E-state index contributed by atoms with van der Waals surface area (Å²) in [5, 5.41) is 0. The molecule has 1 aromatic carbocycles. The van der Waals surface area contributed by atoms with Crippen molar-refractivity contribution in [1.82, 2.24) is 9.47 Å². The summed E-state index contributed by atoms with van der Waals surface area (Å²) in [6.07, 6.45) is 1.63. The van der Waals surface area contributed by atoms with Crippen LogP contribution < -0.4 is 10.3 Å². The lowest BCUT2D eigenvalue weighted by atomic mass is 10.1. The number of hydrogen-bond acceptors (Lipinski definition) is 3. The number of hydrogen-bond donors (Lipinski definition) is 0. The number of pyridine rings is 1. The SMILES string of the molecule is Cc1cc(CCC(=O)N2CCC(Oc3cc(C)n(C)c(=O)c3)C2)ccc1F. The fourth-order valence-corrected chi connectivity index (χ4v) is 3.32. The normalized spacial score (nSPS) is 16.6. The Morgan fingerprint density at radius 1 is 1.26 bits per heavy atom. The molecule has 1 aliphatic heterocycles. The van der Waals surface area contributed by atoms with Crippen LogP contribution in [-0.2, 0) is 18.3 Å². The molecule has 0 aliphatic carbocycles. The monoisotopic (exact) mass is 372 g/mol. The second-order valence-electron chi connectivity index (χ2n) is 7.18. The fourth-order valence-electron chi connectivity index (χ4n) is 3.32. The molecule has 1 aromatic heterocycles. The maximum atomic E-state index is 13.3. The van der Waals surface area contributed by atoms with Gasteiger partial charge in [-0.1, -0.05) is 12.1 Å². The van der Waals surface area contributed by atoms with Crippen LogP contribution >= 0.6 is 0 Å². The van der Waals surface area contributed by atoms with Crippen molar-refractivity contribution in [1.29, 1.82) is 0 Å². The lowest BCUT2D eigenvalue weighted by molar-refractivity contribution is -0.130. The van der Waals surface area contributed by atoms with Crippen molar-refractivity contribution in [3.8, 4) is 5.75 Å². The Balaban J connectivity index is 1.53. The molecule has 144 valence electrons. The first-order valence-electron chi connectivity index (χ1n) is 9.20. The van der Waals surface area contributed by atoms with Gasteiger partial charge in [-0.15, -0.1) is 0 Å². The Morgan fingerprint density at radius 2 is 2.04 bits per heavy atom. The van der Waals surface area contributed by atoms with E-state index in [1.54, 1.807) is 35.6 Å². The number of nitrogens with zero attached hydrogens (tertiary/aromatic N) is 2. The van der Waals surface area contributed by atoms with E-state index in [0.717, 1.165) is 17.7 Å². The van der Waals surface area contributed by atoms with E-state index in [1.807, 2.05) is 13.0 Å². The lowest BCUT2D eigenvalue weighted by Gasteiger charge is -2.18. The van der Waals surface area contributed by atoms with E-state index >= 15 is 0 Å². The summed E-state index contributed by atoms with van der Waals surface area (Å²) in [7, 11) is 1.72. The van der Waals surface area contributed by atoms with Gasteiger partial charge in [0.1, 0.15) is 17.7 Å². The molecular weight excluding hydrogens is 347 g/mol. The van der Waals surface area contributed by atoms with Crippen molar-refractivity contribution in [2.45, 2.75) is 39.2 Å². The number of aryl methyl sites for hydroxylation is 3. The first kappa shape index (κ1) is 19.1. The van der Waals surface area contributed by atoms with Crippen molar-refractivity contribution in [3.63, 3.8) is 0 Å². The highest BCUT2D eigenvalue weighted by Gasteiger charge is 2.27. The molecule has 1 aliphatic rings. The summed E-state index contributed by atoms with van der Waals surface area (Å²) in [4.78, 5) is 26.1. The molecule has 0 bridgehead atoms. The highest BCUT2D eigenvalue weighted by molar-refractivity contribution is 5.76. The molecular formula is C21H25FN2O3. The molecule has 1 fully saturated rings. The molecule has 2 heterocycles. The fraction of sp³-hybridized carbons (Fsp3) is 0.429. The zero-order valence-corrected chi connectivity index (χ0v) is 16.0. The average molecular weight is 372 g/mol. The number of aromatic nitrogens is 1. The van der Waals surface area contributed by atoms with Crippen LogP contribution in [0.2, 0.25) is 0 Å². The van der Waals surface area contributed by atoms with E-state index in [1.165, 1.54) is 12.1 Å². The zero-order valence-electron chi connectivity index (χ0n) is 16.0. The molecule has 0 saturated carbocycles. The molecule has 5 nitrogen and oxygen atoms in total. The predicted octanol–water partition coefficient (Wildman–Crippen LogP) is 2.75. The van der Waals surface area contributed by atoms with Crippen molar-refractivity contribution < 1.29 is 13.9 Å². The van der Waals surface area contributed by atoms with Crippen LogP contribution in [0.3, 0.4) is 0 Å². The first-order chi connectivity index (χ1) is 12.8. The Morgan fingerprint density at radius 3 is 2.74 bits per heavy atom. The number of halogens is 1. The van der Waals surface area contributed by atoms with Gasteiger partial charge in [-0.2, -0.15) is 0 Å². The number of amides is 1. The van der Waals surface area contributed by atoms with Gasteiger partial charge < -0.3 is 14.2 Å². The highest BCUT2D eigenvalue weighted by atomic mass is 19.1. The predicted molar refractivity (Wildman–Crippen MR) is 101 cm³/mol. The van der Waals surface area contributed by atoms with Gasteiger partial charge in [0.15, 0.2) is 0 Å². The largest absolute Gasteiger partial charge is 0.488 e. The Labute approximate surface area is 158 Å². The third kappa shape index (κ3) is 4.56. The maximum Gasteiger partial charge on any atom is 0.254 e. The Kier molecular flexibility index (Phi) is 5.63. The van der Waals surface area contributed by atoms with Gasteiger partial charge in [0, 0.05) is 38.2 Å². The number of carbonyl (C=O) groups is 1. The minimum Gasteiger partial charge on any atom is -0.488 e. The molecule has 1 saturated heterocycles. The third-order valence-electron chi connectivity index (χ3n) is 5.13. The minimum absolute atomic E-state index is 0.0724. The summed E-state index contributed by atoms with van der Waals surface area (Å²) >= 11 is 0. The van der Waals surface area contributed by atoms with Crippen molar-refractivity contribution in [2.75, 3.05) is 13.1 Å². The second kappa shape index (κ2) is 7.94.